The standard InChI is InChI=1S/C23H17Br2ClO2/c24-19-7-1-5-16(10-19)22(27)13-18(15-4-3-9-21(26)12-15)14-23(28)17-6-2-8-20(25)11-17/h1-12,18H,13-14H2. The molecular formula is C23H17Br2ClO2. The summed E-state index contributed by atoms with van der Waals surface area (Å²) in [6, 6.07) is 22.0. The SMILES string of the molecule is O=C(CC(CC(=O)c1cccc(Br)c1)c1cccc(Cl)c1)c1cccc(Br)c1. The lowest BCUT2D eigenvalue weighted by Gasteiger charge is -2.17. The van der Waals surface area contributed by atoms with Gasteiger partial charge in [0.1, 0.15) is 0 Å². The number of halogens is 3. The maximum atomic E-state index is 12.9. The van der Waals surface area contributed by atoms with E-state index < -0.39 is 0 Å². The summed E-state index contributed by atoms with van der Waals surface area (Å²) in [5.41, 5.74) is 2.13. The molecule has 0 saturated carbocycles. The number of benzene rings is 3. The Labute approximate surface area is 186 Å². The van der Waals surface area contributed by atoms with Crippen molar-refractivity contribution in [2.45, 2.75) is 18.8 Å². The zero-order chi connectivity index (χ0) is 20.1. The first-order valence-corrected chi connectivity index (χ1v) is 10.7. The molecule has 2 nitrogen and oxygen atoms in total. The molecule has 0 unspecified atom stereocenters. The van der Waals surface area contributed by atoms with Gasteiger partial charge in [0.25, 0.3) is 0 Å². The molecule has 0 saturated heterocycles. The molecular weight excluding hydrogens is 504 g/mol. The van der Waals surface area contributed by atoms with E-state index in [1.165, 1.54) is 0 Å². The average molecular weight is 521 g/mol. The van der Waals surface area contributed by atoms with Crippen molar-refractivity contribution in [2.24, 2.45) is 0 Å². The lowest BCUT2D eigenvalue weighted by molar-refractivity contribution is 0.0944. The molecule has 0 heterocycles. The lowest BCUT2D eigenvalue weighted by Crippen LogP contribution is -2.13. The van der Waals surface area contributed by atoms with Crippen LogP contribution in [0.3, 0.4) is 0 Å². The van der Waals surface area contributed by atoms with E-state index in [0.717, 1.165) is 14.5 Å². The first kappa shape index (κ1) is 21.0. The van der Waals surface area contributed by atoms with Crippen LogP contribution in [0, 0.1) is 0 Å². The summed E-state index contributed by atoms with van der Waals surface area (Å²) in [5, 5.41) is 0.590. The normalized spacial score (nSPS) is 10.9. The van der Waals surface area contributed by atoms with Crippen molar-refractivity contribution in [1.82, 2.24) is 0 Å². The van der Waals surface area contributed by atoms with Crippen LogP contribution in [0.4, 0.5) is 0 Å². The number of rotatable bonds is 7. The zero-order valence-corrected chi connectivity index (χ0v) is 18.8. The molecule has 3 aromatic rings. The van der Waals surface area contributed by atoms with Crippen LogP contribution in [0.1, 0.15) is 45.0 Å². The van der Waals surface area contributed by atoms with Gasteiger partial charge in [-0.1, -0.05) is 79.9 Å². The van der Waals surface area contributed by atoms with Crippen LogP contribution in [0.25, 0.3) is 0 Å². The van der Waals surface area contributed by atoms with E-state index in [4.69, 9.17) is 11.6 Å². The summed E-state index contributed by atoms with van der Waals surface area (Å²) in [6.07, 6.45) is 0.465. The summed E-state index contributed by atoms with van der Waals surface area (Å²) in [5.74, 6) is -0.265. The Kier molecular flexibility index (Phi) is 7.22. The number of carbonyl (C=O) groups excluding carboxylic acids is 2. The van der Waals surface area contributed by atoms with Crippen molar-refractivity contribution in [3.05, 3.63) is 103 Å². The van der Waals surface area contributed by atoms with Crippen molar-refractivity contribution in [3.63, 3.8) is 0 Å². The Balaban J connectivity index is 1.87. The highest BCUT2D eigenvalue weighted by atomic mass is 79.9. The minimum atomic E-state index is -0.253. The average Bonchev–Trinajstić information content (AvgIpc) is 2.67. The van der Waals surface area contributed by atoms with E-state index >= 15 is 0 Å². The maximum Gasteiger partial charge on any atom is 0.163 e. The van der Waals surface area contributed by atoms with E-state index in [0.29, 0.717) is 16.1 Å². The van der Waals surface area contributed by atoms with Gasteiger partial charge in [0.15, 0.2) is 11.6 Å². The third-order valence-corrected chi connectivity index (χ3v) is 5.70. The Hall–Kier alpha value is -1.75. The maximum absolute atomic E-state index is 12.9. The molecule has 3 aromatic carbocycles. The van der Waals surface area contributed by atoms with Gasteiger partial charge in [-0.15, -0.1) is 0 Å². The molecule has 0 aliphatic carbocycles. The summed E-state index contributed by atoms with van der Waals surface area (Å²) < 4.78 is 1.70. The van der Waals surface area contributed by atoms with E-state index in [2.05, 4.69) is 31.9 Å². The minimum Gasteiger partial charge on any atom is -0.294 e. The number of hydrogen-bond acceptors (Lipinski definition) is 2. The highest BCUT2D eigenvalue weighted by molar-refractivity contribution is 9.10. The Morgan fingerprint density at radius 2 is 1.25 bits per heavy atom. The molecule has 5 heteroatoms. The molecule has 3 rings (SSSR count). The third-order valence-electron chi connectivity index (χ3n) is 4.48. The zero-order valence-electron chi connectivity index (χ0n) is 14.9. The van der Waals surface area contributed by atoms with E-state index in [1.807, 2.05) is 42.5 Å². The monoisotopic (exact) mass is 518 g/mol. The van der Waals surface area contributed by atoms with Crippen LogP contribution in [-0.2, 0) is 0 Å². The second kappa shape index (κ2) is 9.64. The fourth-order valence-corrected chi connectivity index (χ4v) is 4.07. The fourth-order valence-electron chi connectivity index (χ4n) is 3.08. The van der Waals surface area contributed by atoms with Crippen LogP contribution >= 0.6 is 43.5 Å². The van der Waals surface area contributed by atoms with Gasteiger partial charge >= 0.3 is 0 Å². The van der Waals surface area contributed by atoms with Gasteiger partial charge in [0, 0.05) is 37.9 Å². The second-order valence-electron chi connectivity index (χ2n) is 6.53. The van der Waals surface area contributed by atoms with Crippen LogP contribution in [0.5, 0.6) is 0 Å². The predicted molar refractivity (Wildman–Crippen MR) is 120 cm³/mol. The summed E-state index contributed by atoms with van der Waals surface area (Å²) >= 11 is 13.0. The highest BCUT2D eigenvalue weighted by Crippen LogP contribution is 2.29. The van der Waals surface area contributed by atoms with Gasteiger partial charge in [0.05, 0.1) is 0 Å². The molecule has 0 N–H and O–H groups in total. The molecule has 142 valence electrons. The van der Waals surface area contributed by atoms with E-state index in [9.17, 15) is 9.59 Å². The van der Waals surface area contributed by atoms with Gasteiger partial charge in [-0.05, 0) is 47.9 Å². The van der Waals surface area contributed by atoms with Gasteiger partial charge in [-0.25, -0.2) is 0 Å². The van der Waals surface area contributed by atoms with Crippen LogP contribution < -0.4 is 0 Å². The third kappa shape index (κ3) is 5.63. The van der Waals surface area contributed by atoms with Crippen molar-refractivity contribution >= 4 is 55.0 Å². The molecule has 0 radical (unpaired) electrons. The molecule has 0 aromatic heterocycles. The predicted octanol–water partition coefficient (Wildman–Crippen LogP) is 7.49. The summed E-state index contributed by atoms with van der Waals surface area (Å²) in [7, 11) is 0. The van der Waals surface area contributed by atoms with Gasteiger partial charge in [-0.2, -0.15) is 0 Å². The summed E-state index contributed by atoms with van der Waals surface area (Å²) in [4.78, 5) is 25.7. The molecule has 0 spiro atoms. The van der Waals surface area contributed by atoms with Crippen LogP contribution in [0.2, 0.25) is 5.02 Å². The lowest BCUT2D eigenvalue weighted by atomic mass is 9.86. The molecule has 0 fully saturated rings. The number of Topliss-reactive ketones (excluding diaryl/α,β-unsaturated/α-hetero) is 2. The molecule has 0 bridgehead atoms. The fraction of sp³-hybridized carbons (Fsp3) is 0.130. The molecule has 0 aliphatic rings. The number of carbonyl (C=O) groups is 2. The molecule has 0 amide bonds. The van der Waals surface area contributed by atoms with E-state index in [1.54, 1.807) is 30.3 Å². The first-order valence-electron chi connectivity index (χ1n) is 8.75. The Bertz CT molecular complexity index is 957. The summed E-state index contributed by atoms with van der Waals surface area (Å²) in [6.45, 7) is 0. The van der Waals surface area contributed by atoms with E-state index in [-0.39, 0.29) is 30.3 Å². The topological polar surface area (TPSA) is 34.1 Å². The highest BCUT2D eigenvalue weighted by Gasteiger charge is 2.22. The Morgan fingerprint density at radius 3 is 1.71 bits per heavy atom. The second-order valence-corrected chi connectivity index (χ2v) is 8.80. The van der Waals surface area contributed by atoms with Gasteiger partial charge < -0.3 is 0 Å². The van der Waals surface area contributed by atoms with Crippen molar-refractivity contribution in [2.75, 3.05) is 0 Å². The molecule has 0 atom stereocenters. The van der Waals surface area contributed by atoms with Crippen LogP contribution in [-0.4, -0.2) is 11.6 Å². The van der Waals surface area contributed by atoms with Crippen molar-refractivity contribution < 1.29 is 9.59 Å². The van der Waals surface area contributed by atoms with Crippen LogP contribution in [0.15, 0.2) is 81.7 Å². The van der Waals surface area contributed by atoms with Crippen molar-refractivity contribution in [1.29, 1.82) is 0 Å². The number of hydrogen-bond donors (Lipinski definition) is 0. The first-order chi connectivity index (χ1) is 13.4. The largest absolute Gasteiger partial charge is 0.294 e. The molecule has 28 heavy (non-hydrogen) atoms. The quantitative estimate of drug-likeness (QED) is 0.302. The van der Waals surface area contributed by atoms with Gasteiger partial charge in [-0.3, -0.25) is 9.59 Å². The van der Waals surface area contributed by atoms with Crippen molar-refractivity contribution in [3.8, 4) is 0 Å². The number of ketones is 2. The van der Waals surface area contributed by atoms with Gasteiger partial charge in [0.2, 0.25) is 0 Å². The minimum absolute atomic E-state index is 0.00619. The molecule has 0 aliphatic heterocycles. The smallest absolute Gasteiger partial charge is 0.163 e. The Morgan fingerprint density at radius 1 is 0.750 bits per heavy atom.